The van der Waals surface area contributed by atoms with Gasteiger partial charge in [0.1, 0.15) is 11.9 Å². The van der Waals surface area contributed by atoms with Crippen LogP contribution in [0.4, 0.5) is 0 Å². The number of hydrogen-bond acceptors (Lipinski definition) is 4. The average molecular weight is 342 g/mol. The molecule has 0 aliphatic carbocycles. The third-order valence-corrected chi connectivity index (χ3v) is 5.52. The molecular formula is C18H18N2O3S. The monoisotopic (exact) mass is 342 g/mol. The van der Waals surface area contributed by atoms with E-state index in [9.17, 15) is 13.5 Å². The second-order valence-corrected chi connectivity index (χ2v) is 7.53. The van der Waals surface area contributed by atoms with Crippen molar-refractivity contribution in [2.24, 2.45) is 0 Å². The van der Waals surface area contributed by atoms with E-state index in [4.69, 9.17) is 0 Å². The Kier molecular flexibility index (Phi) is 4.78. The van der Waals surface area contributed by atoms with Crippen LogP contribution >= 0.6 is 0 Å². The van der Waals surface area contributed by atoms with Crippen molar-refractivity contribution >= 4 is 9.84 Å². The minimum Gasteiger partial charge on any atom is -0.380 e. The van der Waals surface area contributed by atoms with Crippen LogP contribution in [-0.4, -0.2) is 28.8 Å². The van der Waals surface area contributed by atoms with E-state index < -0.39 is 15.9 Å². The number of aliphatic hydroxyl groups is 1. The van der Waals surface area contributed by atoms with Gasteiger partial charge in [-0.25, -0.2) is 13.4 Å². The zero-order chi connectivity index (χ0) is 17.0. The van der Waals surface area contributed by atoms with Crippen molar-refractivity contribution in [3.63, 3.8) is 0 Å². The summed E-state index contributed by atoms with van der Waals surface area (Å²) in [5.41, 5.74) is 0.718. The minimum atomic E-state index is -3.37. The normalized spacial score (nSPS) is 12.9. The van der Waals surface area contributed by atoms with Crippen LogP contribution in [-0.2, 0) is 16.4 Å². The maximum absolute atomic E-state index is 12.4. The SMILES string of the molecule is O=S(=O)(CCn1ccnc1[C@@H](O)c1ccccc1)c1ccccc1. The second kappa shape index (κ2) is 6.98. The summed E-state index contributed by atoms with van der Waals surface area (Å²) in [6.45, 7) is 0.233. The molecule has 5 nitrogen and oxygen atoms in total. The number of aliphatic hydroxyl groups excluding tert-OH is 1. The van der Waals surface area contributed by atoms with E-state index in [1.807, 2.05) is 30.3 Å². The van der Waals surface area contributed by atoms with Gasteiger partial charge >= 0.3 is 0 Å². The first-order valence-electron chi connectivity index (χ1n) is 7.60. The van der Waals surface area contributed by atoms with Crippen molar-refractivity contribution < 1.29 is 13.5 Å². The van der Waals surface area contributed by atoms with E-state index in [2.05, 4.69) is 4.98 Å². The summed E-state index contributed by atoms with van der Waals surface area (Å²) < 4.78 is 26.4. The molecule has 0 aliphatic heterocycles. The van der Waals surface area contributed by atoms with Gasteiger partial charge in [0.05, 0.1) is 10.6 Å². The molecule has 24 heavy (non-hydrogen) atoms. The molecule has 0 amide bonds. The fourth-order valence-corrected chi connectivity index (χ4v) is 3.75. The highest BCUT2D eigenvalue weighted by atomic mass is 32.2. The van der Waals surface area contributed by atoms with Crippen LogP contribution in [0.5, 0.6) is 0 Å². The van der Waals surface area contributed by atoms with E-state index in [1.165, 1.54) is 0 Å². The summed E-state index contributed by atoms with van der Waals surface area (Å²) in [7, 11) is -3.37. The van der Waals surface area contributed by atoms with Crippen molar-refractivity contribution in [1.82, 2.24) is 9.55 Å². The summed E-state index contributed by atoms with van der Waals surface area (Å²) in [5, 5.41) is 10.5. The zero-order valence-electron chi connectivity index (χ0n) is 13.0. The van der Waals surface area contributed by atoms with Crippen LogP contribution in [0.1, 0.15) is 17.5 Å². The predicted octanol–water partition coefficient (Wildman–Crippen LogP) is 2.44. The molecule has 124 valence electrons. The summed E-state index contributed by atoms with van der Waals surface area (Å²) in [4.78, 5) is 4.49. The quantitative estimate of drug-likeness (QED) is 0.747. The van der Waals surface area contributed by atoms with Crippen LogP contribution in [0.3, 0.4) is 0 Å². The number of aryl methyl sites for hydroxylation is 1. The van der Waals surface area contributed by atoms with Crippen molar-refractivity contribution in [3.05, 3.63) is 84.4 Å². The number of hydrogen-bond donors (Lipinski definition) is 1. The van der Waals surface area contributed by atoms with E-state index in [0.717, 1.165) is 5.56 Å². The number of benzene rings is 2. The average Bonchev–Trinajstić information content (AvgIpc) is 3.09. The number of imidazole rings is 1. The van der Waals surface area contributed by atoms with Gasteiger partial charge in [-0.1, -0.05) is 48.5 Å². The standard InChI is InChI=1S/C18H18N2O3S/c21-17(15-7-3-1-4-8-15)18-19-11-12-20(18)13-14-24(22,23)16-9-5-2-6-10-16/h1-12,17,21H,13-14H2/t17-/m0/s1. The van der Waals surface area contributed by atoms with Crippen molar-refractivity contribution in [3.8, 4) is 0 Å². The van der Waals surface area contributed by atoms with Gasteiger partial charge in [-0.3, -0.25) is 0 Å². The summed E-state index contributed by atoms with van der Waals surface area (Å²) in [6.07, 6.45) is 2.36. The highest BCUT2D eigenvalue weighted by Crippen LogP contribution is 2.20. The first-order valence-corrected chi connectivity index (χ1v) is 9.25. The fourth-order valence-electron chi connectivity index (χ4n) is 2.51. The van der Waals surface area contributed by atoms with Crippen LogP contribution in [0, 0.1) is 0 Å². The number of sulfone groups is 1. The largest absolute Gasteiger partial charge is 0.380 e. The molecule has 0 bridgehead atoms. The molecule has 0 unspecified atom stereocenters. The first-order chi connectivity index (χ1) is 11.6. The topological polar surface area (TPSA) is 72.2 Å². The molecule has 3 rings (SSSR count). The van der Waals surface area contributed by atoms with Crippen molar-refractivity contribution in [2.75, 3.05) is 5.75 Å². The van der Waals surface area contributed by atoms with Crippen LogP contribution in [0.2, 0.25) is 0 Å². The molecule has 0 aliphatic rings. The van der Waals surface area contributed by atoms with Gasteiger partial charge in [0, 0.05) is 18.9 Å². The Morgan fingerprint density at radius 2 is 1.62 bits per heavy atom. The number of nitrogens with zero attached hydrogens (tertiary/aromatic N) is 2. The first kappa shape index (κ1) is 16.4. The summed E-state index contributed by atoms with van der Waals surface area (Å²) in [6, 6.07) is 17.5. The molecule has 0 saturated heterocycles. The van der Waals surface area contributed by atoms with Gasteiger partial charge in [0.2, 0.25) is 0 Å². The predicted molar refractivity (Wildman–Crippen MR) is 91.2 cm³/mol. The molecular weight excluding hydrogens is 324 g/mol. The molecule has 0 fully saturated rings. The Labute approximate surface area is 141 Å². The molecule has 0 saturated carbocycles. The van der Waals surface area contributed by atoms with Crippen LogP contribution in [0.25, 0.3) is 0 Å². The summed E-state index contributed by atoms with van der Waals surface area (Å²) in [5.74, 6) is 0.381. The molecule has 1 atom stereocenters. The van der Waals surface area contributed by atoms with E-state index in [-0.39, 0.29) is 12.3 Å². The van der Waals surface area contributed by atoms with Crippen molar-refractivity contribution in [1.29, 1.82) is 0 Å². The Morgan fingerprint density at radius 1 is 1.00 bits per heavy atom. The summed E-state index contributed by atoms with van der Waals surface area (Å²) >= 11 is 0. The third-order valence-electron chi connectivity index (χ3n) is 3.81. The smallest absolute Gasteiger partial charge is 0.180 e. The van der Waals surface area contributed by atoms with Crippen molar-refractivity contribution in [2.45, 2.75) is 17.5 Å². The lowest BCUT2D eigenvalue weighted by atomic mass is 10.1. The van der Waals surface area contributed by atoms with Gasteiger partial charge in [0.15, 0.2) is 9.84 Å². The Morgan fingerprint density at radius 3 is 2.29 bits per heavy atom. The number of aromatic nitrogens is 2. The molecule has 0 spiro atoms. The molecule has 1 aromatic heterocycles. The van der Waals surface area contributed by atoms with E-state index >= 15 is 0 Å². The van der Waals surface area contributed by atoms with E-state index in [0.29, 0.717) is 10.7 Å². The van der Waals surface area contributed by atoms with Gasteiger partial charge in [-0.15, -0.1) is 0 Å². The van der Waals surface area contributed by atoms with Crippen LogP contribution < -0.4 is 0 Å². The maximum atomic E-state index is 12.4. The fraction of sp³-hybridized carbons (Fsp3) is 0.167. The van der Waals surface area contributed by atoms with Gasteiger partial charge in [-0.2, -0.15) is 0 Å². The van der Waals surface area contributed by atoms with Gasteiger partial charge < -0.3 is 9.67 Å². The maximum Gasteiger partial charge on any atom is 0.180 e. The van der Waals surface area contributed by atoms with Gasteiger partial charge in [0.25, 0.3) is 0 Å². The van der Waals surface area contributed by atoms with E-state index in [1.54, 1.807) is 47.3 Å². The molecule has 2 aromatic carbocycles. The van der Waals surface area contributed by atoms with Crippen LogP contribution in [0.15, 0.2) is 78.0 Å². The second-order valence-electron chi connectivity index (χ2n) is 5.42. The third kappa shape index (κ3) is 3.55. The Bertz CT molecular complexity index is 890. The zero-order valence-corrected chi connectivity index (χ0v) is 13.8. The minimum absolute atomic E-state index is 0.0537. The lowest BCUT2D eigenvalue weighted by Crippen LogP contribution is -2.16. The highest BCUT2D eigenvalue weighted by molar-refractivity contribution is 7.91. The lowest BCUT2D eigenvalue weighted by molar-refractivity contribution is 0.205. The van der Waals surface area contributed by atoms with Gasteiger partial charge in [-0.05, 0) is 17.7 Å². The number of rotatable bonds is 6. The molecule has 0 radical (unpaired) electrons. The molecule has 1 heterocycles. The molecule has 1 N–H and O–H groups in total. The highest BCUT2D eigenvalue weighted by Gasteiger charge is 2.19. The Hall–Kier alpha value is -2.44. The molecule has 3 aromatic rings. The Balaban J connectivity index is 1.77. The molecule has 6 heteroatoms. The lowest BCUT2D eigenvalue weighted by Gasteiger charge is -2.14.